The Morgan fingerprint density at radius 2 is 2.18 bits per heavy atom. The number of nitrogens with one attached hydrogen (secondary N) is 1. The number of amides is 1. The molecule has 0 aliphatic carbocycles. The maximum atomic E-state index is 12.0. The Hall–Kier alpha value is -0.620. The van der Waals surface area contributed by atoms with Gasteiger partial charge in [-0.05, 0) is 19.3 Å². The van der Waals surface area contributed by atoms with Gasteiger partial charge in [0.05, 0.1) is 6.26 Å². The first-order chi connectivity index (χ1) is 7.83. The molecule has 0 aromatic rings. The van der Waals surface area contributed by atoms with E-state index in [0.717, 1.165) is 32.1 Å². The Morgan fingerprint density at radius 3 is 2.71 bits per heavy atom. The Labute approximate surface area is 104 Å². The second-order valence-electron chi connectivity index (χ2n) is 4.82. The molecule has 1 saturated heterocycles. The predicted octanol–water partition coefficient (Wildman–Crippen LogP) is 0.573. The van der Waals surface area contributed by atoms with Crippen molar-refractivity contribution in [2.45, 2.75) is 39.2 Å². The van der Waals surface area contributed by atoms with Crippen LogP contribution in [0.1, 0.15) is 33.1 Å². The summed E-state index contributed by atoms with van der Waals surface area (Å²) in [5.74, 6) is 0.152. The molecule has 1 aliphatic heterocycles. The second-order valence-corrected chi connectivity index (χ2v) is 6.60. The molecule has 0 radical (unpaired) electrons. The highest BCUT2D eigenvalue weighted by Gasteiger charge is 2.27. The summed E-state index contributed by atoms with van der Waals surface area (Å²) in [4.78, 5) is 13.8. The van der Waals surface area contributed by atoms with Crippen molar-refractivity contribution in [2.24, 2.45) is 5.92 Å². The van der Waals surface area contributed by atoms with Crippen LogP contribution in [0.15, 0.2) is 0 Å². The van der Waals surface area contributed by atoms with Crippen LogP contribution in [-0.4, -0.2) is 44.6 Å². The lowest BCUT2D eigenvalue weighted by atomic mass is 10.0. The molecular weight excluding hydrogens is 240 g/mol. The van der Waals surface area contributed by atoms with Crippen LogP contribution in [0, 0.1) is 5.92 Å². The second kappa shape index (κ2) is 5.82. The fraction of sp³-hybridized carbons (Fsp3) is 0.909. The largest absolute Gasteiger partial charge is 0.341 e. The summed E-state index contributed by atoms with van der Waals surface area (Å²) in [6.45, 7) is 5.13. The molecule has 0 spiro atoms. The molecule has 2 atom stereocenters. The van der Waals surface area contributed by atoms with Crippen molar-refractivity contribution in [3.8, 4) is 0 Å². The van der Waals surface area contributed by atoms with Gasteiger partial charge in [0.25, 0.3) is 0 Å². The van der Waals surface area contributed by atoms with E-state index in [4.69, 9.17) is 0 Å². The van der Waals surface area contributed by atoms with E-state index < -0.39 is 10.0 Å². The molecule has 0 aromatic carbocycles. The minimum absolute atomic E-state index is 0.0204. The van der Waals surface area contributed by atoms with Crippen LogP contribution < -0.4 is 4.72 Å². The van der Waals surface area contributed by atoms with Crippen molar-refractivity contribution in [2.75, 3.05) is 19.3 Å². The van der Waals surface area contributed by atoms with Gasteiger partial charge in [0.2, 0.25) is 15.9 Å². The number of hydrogen-bond acceptors (Lipinski definition) is 3. The van der Waals surface area contributed by atoms with Gasteiger partial charge in [-0.25, -0.2) is 13.1 Å². The van der Waals surface area contributed by atoms with Crippen LogP contribution in [0.4, 0.5) is 0 Å². The topological polar surface area (TPSA) is 66.5 Å². The SMILES string of the molecule is CC[C@@H](C)C(=O)N1CCC[C@H](NS(C)(=O)=O)C1. The highest BCUT2D eigenvalue weighted by Crippen LogP contribution is 2.15. The fourth-order valence-corrected chi connectivity index (χ4v) is 2.86. The molecule has 1 N–H and O–H groups in total. The standard InChI is InChI=1S/C11H22N2O3S/c1-4-9(2)11(14)13-7-5-6-10(8-13)12-17(3,15)16/h9-10,12H,4-8H2,1-3H3/t9-,10+/m1/s1. The Bertz CT molecular complexity index is 367. The molecule has 1 rings (SSSR count). The third-order valence-corrected chi connectivity index (χ3v) is 3.91. The quantitative estimate of drug-likeness (QED) is 0.805. The molecular formula is C11H22N2O3S. The Morgan fingerprint density at radius 1 is 1.53 bits per heavy atom. The van der Waals surface area contributed by atoms with Gasteiger partial charge in [-0.15, -0.1) is 0 Å². The molecule has 0 bridgehead atoms. The average Bonchev–Trinajstić information content (AvgIpc) is 2.25. The highest BCUT2D eigenvalue weighted by molar-refractivity contribution is 7.88. The van der Waals surface area contributed by atoms with Gasteiger partial charge in [0.15, 0.2) is 0 Å². The van der Waals surface area contributed by atoms with Crippen molar-refractivity contribution >= 4 is 15.9 Å². The van der Waals surface area contributed by atoms with E-state index >= 15 is 0 Å². The lowest BCUT2D eigenvalue weighted by Crippen LogP contribution is -2.50. The van der Waals surface area contributed by atoms with E-state index in [1.54, 1.807) is 4.90 Å². The fourth-order valence-electron chi connectivity index (χ4n) is 2.06. The first-order valence-corrected chi connectivity index (χ1v) is 7.98. The number of rotatable bonds is 4. The van der Waals surface area contributed by atoms with Crippen LogP contribution in [0.25, 0.3) is 0 Å². The molecule has 0 unspecified atom stereocenters. The summed E-state index contributed by atoms with van der Waals surface area (Å²) in [7, 11) is -3.19. The van der Waals surface area contributed by atoms with Crippen LogP contribution in [0.5, 0.6) is 0 Å². The first-order valence-electron chi connectivity index (χ1n) is 6.09. The van der Waals surface area contributed by atoms with Crippen molar-refractivity contribution in [3.63, 3.8) is 0 Å². The van der Waals surface area contributed by atoms with Gasteiger partial charge in [0.1, 0.15) is 0 Å². The van der Waals surface area contributed by atoms with Crippen LogP contribution >= 0.6 is 0 Å². The van der Waals surface area contributed by atoms with Gasteiger partial charge in [0, 0.05) is 25.0 Å². The number of nitrogens with zero attached hydrogens (tertiary/aromatic N) is 1. The monoisotopic (exact) mass is 262 g/mol. The summed E-state index contributed by atoms with van der Waals surface area (Å²) in [5.41, 5.74) is 0. The summed E-state index contributed by atoms with van der Waals surface area (Å²) in [6.07, 6.45) is 3.63. The van der Waals surface area contributed by atoms with Crippen LogP contribution in [0.2, 0.25) is 0 Å². The molecule has 17 heavy (non-hydrogen) atoms. The number of hydrogen-bond donors (Lipinski definition) is 1. The zero-order valence-electron chi connectivity index (χ0n) is 10.8. The number of carbonyl (C=O) groups excluding carboxylic acids is 1. The smallest absolute Gasteiger partial charge is 0.225 e. The van der Waals surface area contributed by atoms with Gasteiger partial charge in [-0.2, -0.15) is 0 Å². The molecule has 0 aromatic heterocycles. The highest BCUT2D eigenvalue weighted by atomic mass is 32.2. The van der Waals surface area contributed by atoms with E-state index in [-0.39, 0.29) is 17.9 Å². The average molecular weight is 262 g/mol. The van der Waals surface area contributed by atoms with Gasteiger partial charge < -0.3 is 4.90 Å². The van der Waals surface area contributed by atoms with E-state index in [1.807, 2.05) is 13.8 Å². The van der Waals surface area contributed by atoms with E-state index in [9.17, 15) is 13.2 Å². The third kappa shape index (κ3) is 4.63. The zero-order chi connectivity index (χ0) is 13.1. The van der Waals surface area contributed by atoms with Gasteiger partial charge in [-0.1, -0.05) is 13.8 Å². The maximum absolute atomic E-state index is 12.0. The minimum Gasteiger partial charge on any atom is -0.341 e. The van der Waals surface area contributed by atoms with Gasteiger partial charge >= 0.3 is 0 Å². The van der Waals surface area contributed by atoms with Crippen LogP contribution in [0.3, 0.4) is 0 Å². The summed E-state index contributed by atoms with van der Waals surface area (Å²) in [5, 5.41) is 0. The van der Waals surface area contributed by atoms with Gasteiger partial charge in [-0.3, -0.25) is 4.79 Å². The lowest BCUT2D eigenvalue weighted by Gasteiger charge is -2.34. The molecule has 0 saturated carbocycles. The van der Waals surface area contributed by atoms with E-state index in [1.165, 1.54) is 0 Å². The first kappa shape index (κ1) is 14.4. The van der Waals surface area contributed by atoms with Crippen molar-refractivity contribution in [3.05, 3.63) is 0 Å². The molecule has 100 valence electrons. The van der Waals surface area contributed by atoms with Crippen molar-refractivity contribution in [1.82, 2.24) is 9.62 Å². The molecule has 1 amide bonds. The number of carbonyl (C=O) groups is 1. The van der Waals surface area contributed by atoms with E-state index in [2.05, 4.69) is 4.72 Å². The summed E-state index contributed by atoms with van der Waals surface area (Å²) < 4.78 is 24.9. The predicted molar refractivity (Wildman–Crippen MR) is 67.0 cm³/mol. The zero-order valence-corrected chi connectivity index (χ0v) is 11.6. The molecule has 1 aliphatic rings. The number of piperidine rings is 1. The minimum atomic E-state index is -3.19. The Balaban J connectivity index is 2.57. The summed E-state index contributed by atoms with van der Waals surface area (Å²) >= 11 is 0. The Kier molecular flexibility index (Phi) is 4.94. The molecule has 1 heterocycles. The third-order valence-electron chi connectivity index (χ3n) is 3.15. The lowest BCUT2D eigenvalue weighted by molar-refractivity contribution is -0.136. The van der Waals surface area contributed by atoms with E-state index in [0.29, 0.717) is 6.54 Å². The molecule has 5 nitrogen and oxygen atoms in total. The summed E-state index contributed by atoms with van der Waals surface area (Å²) in [6, 6.07) is -0.133. The number of sulfonamides is 1. The maximum Gasteiger partial charge on any atom is 0.225 e. The van der Waals surface area contributed by atoms with Crippen molar-refractivity contribution < 1.29 is 13.2 Å². The molecule has 1 fully saturated rings. The van der Waals surface area contributed by atoms with Crippen LogP contribution in [-0.2, 0) is 14.8 Å². The number of likely N-dealkylation sites (tertiary alicyclic amines) is 1. The normalized spacial score (nSPS) is 23.5. The van der Waals surface area contributed by atoms with Crippen molar-refractivity contribution in [1.29, 1.82) is 0 Å². The molecule has 6 heteroatoms.